The maximum absolute atomic E-state index is 12.2. The highest BCUT2D eigenvalue weighted by Gasteiger charge is 2.20. The van der Waals surface area contributed by atoms with E-state index >= 15 is 0 Å². The molecule has 2 N–H and O–H groups in total. The number of aromatic nitrogens is 1. The van der Waals surface area contributed by atoms with Crippen molar-refractivity contribution in [3.05, 3.63) is 58.9 Å². The van der Waals surface area contributed by atoms with Crippen LogP contribution in [0.25, 0.3) is 11.1 Å². The fourth-order valence-corrected chi connectivity index (χ4v) is 2.47. The summed E-state index contributed by atoms with van der Waals surface area (Å²) in [4.78, 5) is 39.5. The minimum Gasteiger partial charge on any atom is -0.478 e. The second-order valence-corrected chi connectivity index (χ2v) is 5.98. The maximum atomic E-state index is 12.2. The number of carboxylic acid groups (broad SMARTS) is 1. The Balaban J connectivity index is 1.67. The number of halogens is 1. The molecule has 27 heavy (non-hydrogen) atoms. The molecule has 0 aliphatic carbocycles. The molecule has 3 aromatic rings. The van der Waals surface area contributed by atoms with Crippen LogP contribution in [0.5, 0.6) is 0 Å². The number of rotatable bonds is 5. The number of ether oxygens (including phenoxy) is 1. The van der Waals surface area contributed by atoms with Crippen molar-refractivity contribution in [3.63, 3.8) is 0 Å². The predicted molar refractivity (Wildman–Crippen MR) is 95.9 cm³/mol. The lowest BCUT2D eigenvalue weighted by Gasteiger charge is -2.14. The molecule has 0 bridgehead atoms. The highest BCUT2D eigenvalue weighted by molar-refractivity contribution is 6.33. The molecule has 9 heteroatoms. The van der Waals surface area contributed by atoms with Crippen LogP contribution in [-0.4, -0.2) is 34.0 Å². The summed E-state index contributed by atoms with van der Waals surface area (Å²) < 4.78 is 10.3. The first-order valence-electron chi connectivity index (χ1n) is 7.73. The third-order valence-electron chi connectivity index (χ3n) is 3.68. The number of nitrogens with zero attached hydrogens (tertiary/aromatic N) is 1. The van der Waals surface area contributed by atoms with Crippen LogP contribution in [-0.2, 0) is 9.53 Å². The van der Waals surface area contributed by atoms with E-state index in [-0.39, 0.29) is 21.8 Å². The standard InChI is InChI=1S/C18H13ClN2O6/c1-9(16(22)21-11-3-4-13(19)12(7-11)17(23)24)27-18(25)10-2-5-14-15(6-10)26-8-20-14/h2-9H,1H3,(H,21,22)(H,23,24). The van der Waals surface area contributed by atoms with Crippen LogP contribution in [0, 0.1) is 0 Å². The van der Waals surface area contributed by atoms with Gasteiger partial charge in [-0.3, -0.25) is 4.79 Å². The zero-order chi connectivity index (χ0) is 19.6. The Labute approximate surface area is 157 Å². The Morgan fingerprint density at radius 2 is 2.00 bits per heavy atom. The van der Waals surface area contributed by atoms with Gasteiger partial charge in [-0.05, 0) is 43.3 Å². The fourth-order valence-electron chi connectivity index (χ4n) is 2.27. The van der Waals surface area contributed by atoms with Crippen molar-refractivity contribution >= 4 is 46.2 Å². The van der Waals surface area contributed by atoms with Gasteiger partial charge in [-0.25, -0.2) is 14.6 Å². The largest absolute Gasteiger partial charge is 0.478 e. The van der Waals surface area contributed by atoms with Gasteiger partial charge < -0.3 is 19.6 Å². The molecule has 2 aromatic carbocycles. The Morgan fingerprint density at radius 3 is 2.74 bits per heavy atom. The van der Waals surface area contributed by atoms with Crippen LogP contribution in [0.2, 0.25) is 5.02 Å². The lowest BCUT2D eigenvalue weighted by Crippen LogP contribution is -2.30. The highest BCUT2D eigenvalue weighted by Crippen LogP contribution is 2.21. The van der Waals surface area contributed by atoms with Crippen LogP contribution in [0.15, 0.2) is 47.2 Å². The van der Waals surface area contributed by atoms with Crippen molar-refractivity contribution in [1.29, 1.82) is 0 Å². The molecule has 0 radical (unpaired) electrons. The number of benzene rings is 2. The number of oxazole rings is 1. The van der Waals surface area contributed by atoms with Gasteiger partial charge in [-0.1, -0.05) is 11.6 Å². The number of nitrogens with one attached hydrogen (secondary N) is 1. The van der Waals surface area contributed by atoms with Gasteiger partial charge in [-0.2, -0.15) is 0 Å². The Hall–Kier alpha value is -3.39. The Bertz CT molecular complexity index is 1050. The summed E-state index contributed by atoms with van der Waals surface area (Å²) in [6, 6.07) is 8.59. The van der Waals surface area contributed by atoms with Gasteiger partial charge in [0.05, 0.1) is 16.1 Å². The number of esters is 1. The van der Waals surface area contributed by atoms with Gasteiger partial charge in [-0.15, -0.1) is 0 Å². The summed E-state index contributed by atoms with van der Waals surface area (Å²) in [6.07, 6.45) is 0.139. The van der Waals surface area contributed by atoms with E-state index in [9.17, 15) is 14.4 Å². The smallest absolute Gasteiger partial charge is 0.339 e. The van der Waals surface area contributed by atoms with Crippen molar-refractivity contribution in [3.8, 4) is 0 Å². The molecule has 3 rings (SSSR count). The van der Waals surface area contributed by atoms with Crippen molar-refractivity contribution in [2.45, 2.75) is 13.0 Å². The Kier molecular flexibility index (Phi) is 5.09. The molecule has 0 saturated heterocycles. The average molecular weight is 389 g/mol. The first-order chi connectivity index (χ1) is 12.8. The number of anilines is 1. The molecule has 1 aromatic heterocycles. The van der Waals surface area contributed by atoms with Crippen molar-refractivity contribution in [1.82, 2.24) is 4.98 Å². The molecule has 8 nitrogen and oxygen atoms in total. The number of hydrogen-bond donors (Lipinski definition) is 2. The van der Waals surface area contributed by atoms with E-state index in [1.165, 1.54) is 43.6 Å². The SMILES string of the molecule is CC(OC(=O)c1ccc2ncoc2c1)C(=O)Nc1ccc(Cl)c(C(=O)O)c1. The first-order valence-corrected chi connectivity index (χ1v) is 8.11. The molecular formula is C18H13ClN2O6. The number of hydrogen-bond acceptors (Lipinski definition) is 6. The summed E-state index contributed by atoms with van der Waals surface area (Å²) >= 11 is 5.79. The number of carboxylic acids is 1. The van der Waals surface area contributed by atoms with Crippen LogP contribution < -0.4 is 5.32 Å². The van der Waals surface area contributed by atoms with Crippen LogP contribution in [0.3, 0.4) is 0 Å². The lowest BCUT2D eigenvalue weighted by atomic mass is 10.2. The van der Waals surface area contributed by atoms with Gasteiger partial charge >= 0.3 is 11.9 Å². The first kappa shape index (κ1) is 18.4. The predicted octanol–water partition coefficient (Wildman–Crippen LogP) is 3.36. The van der Waals surface area contributed by atoms with Crippen molar-refractivity contribution < 1.29 is 28.6 Å². The van der Waals surface area contributed by atoms with E-state index in [0.717, 1.165) is 0 Å². The molecule has 1 atom stereocenters. The summed E-state index contributed by atoms with van der Waals surface area (Å²) in [6.45, 7) is 1.40. The molecular weight excluding hydrogens is 376 g/mol. The normalized spacial score (nSPS) is 11.8. The second-order valence-electron chi connectivity index (χ2n) is 5.57. The monoisotopic (exact) mass is 388 g/mol. The summed E-state index contributed by atoms with van der Waals surface area (Å²) in [5.41, 5.74) is 1.28. The topological polar surface area (TPSA) is 119 Å². The van der Waals surface area contributed by atoms with E-state index < -0.39 is 23.9 Å². The van der Waals surface area contributed by atoms with Gasteiger partial charge in [0.25, 0.3) is 5.91 Å². The van der Waals surface area contributed by atoms with Gasteiger partial charge in [0.15, 0.2) is 18.1 Å². The van der Waals surface area contributed by atoms with E-state index in [1.807, 2.05) is 0 Å². The van der Waals surface area contributed by atoms with Crippen molar-refractivity contribution in [2.75, 3.05) is 5.32 Å². The van der Waals surface area contributed by atoms with E-state index in [0.29, 0.717) is 11.1 Å². The Morgan fingerprint density at radius 1 is 1.22 bits per heavy atom. The van der Waals surface area contributed by atoms with E-state index in [4.69, 9.17) is 25.9 Å². The van der Waals surface area contributed by atoms with Gasteiger partial charge in [0.2, 0.25) is 0 Å². The van der Waals surface area contributed by atoms with Gasteiger partial charge in [0, 0.05) is 5.69 Å². The molecule has 0 spiro atoms. The minimum atomic E-state index is -1.22. The number of amides is 1. The second kappa shape index (κ2) is 7.46. The molecule has 138 valence electrons. The number of carbonyl (C=O) groups excluding carboxylic acids is 2. The molecule has 1 amide bonds. The maximum Gasteiger partial charge on any atom is 0.339 e. The molecule has 1 unspecified atom stereocenters. The number of fused-ring (bicyclic) bond motifs is 1. The van der Waals surface area contributed by atoms with Crippen LogP contribution in [0.1, 0.15) is 27.6 Å². The third-order valence-corrected chi connectivity index (χ3v) is 4.01. The molecule has 0 fully saturated rings. The minimum absolute atomic E-state index is 0.0442. The van der Waals surface area contributed by atoms with E-state index in [2.05, 4.69) is 10.3 Å². The summed E-state index contributed by atoms with van der Waals surface area (Å²) in [5, 5.41) is 11.6. The number of aromatic carboxylic acids is 1. The zero-order valence-corrected chi connectivity index (χ0v) is 14.7. The zero-order valence-electron chi connectivity index (χ0n) is 13.9. The van der Waals surface area contributed by atoms with Crippen LogP contribution >= 0.6 is 11.6 Å². The molecule has 0 aliphatic rings. The van der Waals surface area contributed by atoms with Gasteiger partial charge in [0.1, 0.15) is 5.52 Å². The van der Waals surface area contributed by atoms with Crippen LogP contribution in [0.4, 0.5) is 5.69 Å². The fraction of sp³-hybridized carbons (Fsp3) is 0.111. The third kappa shape index (κ3) is 4.06. The molecule has 1 heterocycles. The summed E-state index contributed by atoms with van der Waals surface area (Å²) in [5.74, 6) is -2.56. The lowest BCUT2D eigenvalue weighted by molar-refractivity contribution is -0.123. The average Bonchev–Trinajstić information content (AvgIpc) is 3.10. The molecule has 0 aliphatic heterocycles. The quantitative estimate of drug-likeness (QED) is 0.643. The van der Waals surface area contributed by atoms with Crippen molar-refractivity contribution in [2.24, 2.45) is 0 Å². The number of carbonyl (C=O) groups is 3. The van der Waals surface area contributed by atoms with E-state index in [1.54, 1.807) is 6.07 Å². The molecule has 0 saturated carbocycles. The highest BCUT2D eigenvalue weighted by atomic mass is 35.5. The summed E-state index contributed by atoms with van der Waals surface area (Å²) in [7, 11) is 0.